The van der Waals surface area contributed by atoms with Gasteiger partial charge in [-0.2, -0.15) is 5.06 Å². The number of dihydropyridines is 1. The van der Waals surface area contributed by atoms with Gasteiger partial charge in [-0.25, -0.2) is 4.28 Å². The highest BCUT2D eigenvalue weighted by Crippen LogP contribution is 2.43. The van der Waals surface area contributed by atoms with Crippen molar-refractivity contribution in [2.75, 3.05) is 32.4 Å². The molecule has 2 aliphatic carbocycles. The van der Waals surface area contributed by atoms with Crippen LogP contribution in [0.3, 0.4) is 0 Å². The molecule has 2 amide bonds. The summed E-state index contributed by atoms with van der Waals surface area (Å²) < 4.78 is 5.89. The van der Waals surface area contributed by atoms with E-state index >= 15 is 0 Å². The zero-order valence-corrected chi connectivity index (χ0v) is 24.0. The molecule has 0 spiro atoms. The molecule has 4 saturated heterocycles. The molecule has 2 bridgehead atoms. The van der Waals surface area contributed by atoms with Gasteiger partial charge in [0.2, 0.25) is 11.8 Å². The quantitative estimate of drug-likeness (QED) is 0.336. The molecular weight excluding hydrogens is 498 g/mol. The summed E-state index contributed by atoms with van der Waals surface area (Å²) in [5.41, 5.74) is 4.23. The molecule has 0 aromatic rings. The summed E-state index contributed by atoms with van der Waals surface area (Å²) in [6.45, 7) is 7.15. The van der Waals surface area contributed by atoms with Crippen LogP contribution in [0.25, 0.3) is 0 Å². The molecule has 5 aliphatic heterocycles. The number of carbonyl (C=O) groups excluding carboxylic acids is 2. The number of amides is 2. The Hall–Kier alpha value is -1.55. The lowest BCUT2D eigenvalue weighted by atomic mass is 9.65. The second kappa shape index (κ2) is 11.1. The summed E-state index contributed by atoms with van der Waals surface area (Å²) in [6, 6.07) is 0.791. The highest BCUT2D eigenvalue weighted by Gasteiger charge is 2.48. The van der Waals surface area contributed by atoms with Crippen molar-refractivity contribution in [2.24, 2.45) is 23.7 Å². The molecule has 7 rings (SSSR count). The van der Waals surface area contributed by atoms with E-state index in [1.807, 2.05) is 7.05 Å². The van der Waals surface area contributed by atoms with E-state index in [1.165, 1.54) is 41.7 Å². The maximum atomic E-state index is 13.5. The minimum absolute atomic E-state index is 0.0723. The van der Waals surface area contributed by atoms with Gasteiger partial charge in [-0.1, -0.05) is 6.92 Å². The average Bonchev–Trinajstić information content (AvgIpc) is 3.73. The highest BCUT2D eigenvalue weighted by molar-refractivity contribution is 7.94. The SMILES string of the molecule is CC1CC2C(CN1)CC(C1CC(NC(=O)C3CN3OSCC3=C4CCCC(=C3)NC4)CCC1C)C(=O)N2C. The fourth-order valence-corrected chi connectivity index (χ4v) is 8.48. The first kappa shape index (κ1) is 26.7. The van der Waals surface area contributed by atoms with Gasteiger partial charge in [0.25, 0.3) is 0 Å². The minimum Gasteiger partial charge on any atom is -0.385 e. The number of carbonyl (C=O) groups is 2. The number of hydroxylamine groups is 2. The standard InChI is InChI=1S/C29H45N5O3S/c1-17-7-8-23(12-24(17)25-11-20-14-30-18(2)9-26(20)33(3)29(25)36)32-28(35)27-15-34(27)37-38-16-21-10-22-6-4-5-19(21)13-31-22/h10,17-18,20,23-27,30-31H,4-9,11-16H2,1-3H3,(H,32,35). The van der Waals surface area contributed by atoms with Gasteiger partial charge in [-0.05, 0) is 93.3 Å². The Morgan fingerprint density at radius 1 is 1.21 bits per heavy atom. The molecule has 8 nitrogen and oxygen atoms in total. The van der Waals surface area contributed by atoms with Crippen LogP contribution in [0.5, 0.6) is 0 Å². The Balaban J connectivity index is 0.983. The van der Waals surface area contributed by atoms with Crippen LogP contribution in [0.1, 0.15) is 65.2 Å². The third kappa shape index (κ3) is 5.54. The van der Waals surface area contributed by atoms with E-state index in [4.69, 9.17) is 4.28 Å². The molecule has 5 heterocycles. The Morgan fingerprint density at radius 2 is 2.08 bits per heavy atom. The maximum Gasteiger partial charge on any atom is 0.241 e. The molecule has 0 aromatic carbocycles. The van der Waals surface area contributed by atoms with Crippen LogP contribution < -0.4 is 16.0 Å². The number of rotatable bonds is 7. The van der Waals surface area contributed by atoms with E-state index in [-0.39, 0.29) is 23.9 Å². The van der Waals surface area contributed by atoms with E-state index in [0.717, 1.165) is 57.4 Å². The van der Waals surface area contributed by atoms with Crippen LogP contribution in [0.4, 0.5) is 0 Å². The van der Waals surface area contributed by atoms with Crippen LogP contribution in [0.15, 0.2) is 22.9 Å². The summed E-state index contributed by atoms with van der Waals surface area (Å²) in [7, 11) is 2.02. The number of fused-ring (bicyclic) bond motifs is 5. The molecule has 3 N–H and O–H groups in total. The van der Waals surface area contributed by atoms with E-state index in [2.05, 4.69) is 40.8 Å². The summed E-state index contributed by atoms with van der Waals surface area (Å²) in [6.07, 6.45) is 10.8. The molecule has 9 unspecified atom stereocenters. The van der Waals surface area contributed by atoms with Gasteiger partial charge in [-0.3, -0.25) is 9.59 Å². The lowest BCUT2D eigenvalue weighted by Crippen LogP contribution is -2.60. The predicted molar refractivity (Wildman–Crippen MR) is 150 cm³/mol. The Morgan fingerprint density at radius 3 is 2.95 bits per heavy atom. The molecule has 0 aromatic heterocycles. The highest BCUT2D eigenvalue weighted by atomic mass is 32.2. The third-order valence-corrected chi connectivity index (χ3v) is 10.9. The number of hydrogen-bond donors (Lipinski definition) is 3. The van der Waals surface area contributed by atoms with Crippen molar-refractivity contribution in [3.8, 4) is 0 Å². The second-order valence-corrected chi connectivity index (χ2v) is 13.5. The minimum atomic E-state index is -0.193. The summed E-state index contributed by atoms with van der Waals surface area (Å²) in [5.74, 6) is 2.67. The number of nitrogens with one attached hydrogen (secondary N) is 3. The Labute approximate surface area is 231 Å². The number of piperidine rings is 2. The molecule has 1 saturated carbocycles. The summed E-state index contributed by atoms with van der Waals surface area (Å²) in [4.78, 5) is 28.6. The average molecular weight is 544 g/mol. The molecule has 5 fully saturated rings. The molecule has 7 aliphatic rings. The lowest BCUT2D eigenvalue weighted by molar-refractivity contribution is -0.148. The van der Waals surface area contributed by atoms with Crippen molar-refractivity contribution in [3.63, 3.8) is 0 Å². The fourth-order valence-electron chi connectivity index (χ4n) is 7.72. The van der Waals surface area contributed by atoms with Gasteiger partial charge >= 0.3 is 0 Å². The zero-order valence-electron chi connectivity index (χ0n) is 23.2. The van der Waals surface area contributed by atoms with Gasteiger partial charge in [0, 0.05) is 67.7 Å². The van der Waals surface area contributed by atoms with Gasteiger partial charge in [-0.15, -0.1) is 0 Å². The van der Waals surface area contributed by atoms with Gasteiger partial charge in [0.15, 0.2) is 0 Å². The topological polar surface area (TPSA) is 85.7 Å². The second-order valence-electron chi connectivity index (χ2n) is 12.8. The number of allylic oxidation sites excluding steroid dienone is 2. The zero-order chi connectivity index (χ0) is 26.4. The van der Waals surface area contributed by atoms with Crippen LogP contribution in [-0.4, -0.2) is 78.4 Å². The van der Waals surface area contributed by atoms with Crippen LogP contribution in [-0.2, 0) is 13.9 Å². The Kier molecular flexibility index (Phi) is 7.82. The largest absolute Gasteiger partial charge is 0.385 e. The van der Waals surface area contributed by atoms with Crippen LogP contribution >= 0.6 is 12.0 Å². The first-order valence-electron chi connectivity index (χ1n) is 14.9. The van der Waals surface area contributed by atoms with Gasteiger partial charge < -0.3 is 20.9 Å². The van der Waals surface area contributed by atoms with Crippen molar-refractivity contribution >= 4 is 23.9 Å². The van der Waals surface area contributed by atoms with Gasteiger partial charge in [0.1, 0.15) is 6.04 Å². The summed E-state index contributed by atoms with van der Waals surface area (Å²) >= 11 is 1.44. The van der Waals surface area contributed by atoms with Crippen molar-refractivity contribution in [3.05, 3.63) is 22.9 Å². The van der Waals surface area contributed by atoms with Crippen LogP contribution in [0.2, 0.25) is 0 Å². The van der Waals surface area contributed by atoms with Gasteiger partial charge in [0.05, 0.1) is 6.54 Å². The fraction of sp³-hybridized carbons (Fsp3) is 0.793. The number of nitrogens with zero attached hydrogens (tertiary/aromatic N) is 2. The predicted octanol–water partition coefficient (Wildman–Crippen LogP) is 2.98. The molecule has 0 radical (unpaired) electrons. The normalized spacial score (nSPS) is 40.7. The van der Waals surface area contributed by atoms with E-state index in [1.54, 1.807) is 5.06 Å². The molecule has 9 heteroatoms. The van der Waals surface area contributed by atoms with Crippen molar-refractivity contribution in [1.82, 2.24) is 25.9 Å². The smallest absolute Gasteiger partial charge is 0.241 e. The Bertz CT molecular complexity index is 993. The first-order valence-corrected chi connectivity index (χ1v) is 15.8. The third-order valence-electron chi connectivity index (χ3n) is 10.2. The monoisotopic (exact) mass is 543 g/mol. The van der Waals surface area contributed by atoms with Crippen molar-refractivity contribution < 1.29 is 13.9 Å². The maximum absolute atomic E-state index is 13.5. The van der Waals surface area contributed by atoms with Crippen molar-refractivity contribution in [1.29, 1.82) is 0 Å². The van der Waals surface area contributed by atoms with E-state index in [0.29, 0.717) is 42.3 Å². The summed E-state index contributed by atoms with van der Waals surface area (Å²) in [5, 5.41) is 12.2. The first-order chi connectivity index (χ1) is 18.4. The van der Waals surface area contributed by atoms with E-state index < -0.39 is 0 Å². The number of likely N-dealkylation sites (tertiary alicyclic amines) is 1. The molecular formula is C29H45N5O3S. The van der Waals surface area contributed by atoms with Crippen molar-refractivity contribution in [2.45, 2.75) is 89.4 Å². The molecule has 9 atom stereocenters. The van der Waals surface area contributed by atoms with E-state index in [9.17, 15) is 9.59 Å². The molecule has 38 heavy (non-hydrogen) atoms. The number of hydrogen-bond acceptors (Lipinski definition) is 7. The molecule has 210 valence electrons. The lowest BCUT2D eigenvalue weighted by Gasteiger charge is -2.50. The van der Waals surface area contributed by atoms with Crippen LogP contribution in [0, 0.1) is 23.7 Å².